The van der Waals surface area contributed by atoms with Gasteiger partial charge in [-0.15, -0.1) is 11.8 Å². The molecule has 1 heterocycles. The fraction of sp³-hybridized carbons (Fsp3) is 0.400. The van der Waals surface area contributed by atoms with E-state index in [1.165, 1.54) is 11.8 Å². The number of hydrogen-bond acceptors (Lipinski definition) is 4. The second-order valence-corrected chi connectivity index (χ2v) is 8.89. The number of para-hydroxylation sites is 1. The first-order valence-electron chi connectivity index (χ1n) is 8.95. The topological polar surface area (TPSA) is 43.8 Å². The number of unbranched alkanes of at least 4 members (excludes halogenated alkanes) is 1. The van der Waals surface area contributed by atoms with Gasteiger partial charge in [0.05, 0.1) is 15.5 Å². The Hall–Kier alpha value is -1.50. The lowest BCUT2D eigenvalue weighted by molar-refractivity contribution is 0.369. The standard InChI is InChI=1S/C20H26N2O2S2/c1-4-5-9-16-14-22(15-10-7-6-8-11-15)17-12-19(25-3)18(23)13-20(17)26(24)21(16)2/h6-8,10-13,16,23H,4-5,9,14H2,1-3H3. The van der Waals surface area contributed by atoms with Crippen LogP contribution in [0.25, 0.3) is 0 Å². The van der Waals surface area contributed by atoms with Crippen LogP contribution in [0.3, 0.4) is 0 Å². The lowest BCUT2D eigenvalue weighted by Crippen LogP contribution is -2.38. The van der Waals surface area contributed by atoms with E-state index < -0.39 is 11.0 Å². The lowest BCUT2D eigenvalue weighted by atomic mass is 10.1. The van der Waals surface area contributed by atoms with E-state index in [0.29, 0.717) is 4.90 Å². The van der Waals surface area contributed by atoms with Crippen LogP contribution >= 0.6 is 11.8 Å². The monoisotopic (exact) mass is 390 g/mol. The molecule has 0 aliphatic carbocycles. The Morgan fingerprint density at radius 3 is 2.65 bits per heavy atom. The van der Waals surface area contributed by atoms with Crippen LogP contribution in [-0.2, 0) is 11.0 Å². The number of likely N-dealkylation sites (N-methyl/N-ethyl adjacent to an activating group) is 1. The van der Waals surface area contributed by atoms with Crippen LogP contribution in [0.5, 0.6) is 5.75 Å². The molecular weight excluding hydrogens is 364 g/mol. The SMILES string of the molecule is CCCCC1CN(c2ccccc2)c2cc(SC)c(O)cc2S(=O)N1C. The molecule has 0 saturated carbocycles. The van der Waals surface area contributed by atoms with Gasteiger partial charge in [0.2, 0.25) is 0 Å². The van der Waals surface area contributed by atoms with Crippen molar-refractivity contribution in [2.45, 2.75) is 42.0 Å². The van der Waals surface area contributed by atoms with E-state index in [2.05, 4.69) is 24.0 Å². The Bertz CT molecular complexity index is 783. The zero-order valence-corrected chi connectivity index (χ0v) is 17.1. The molecule has 0 spiro atoms. The van der Waals surface area contributed by atoms with E-state index in [0.717, 1.165) is 42.1 Å². The van der Waals surface area contributed by atoms with Crippen molar-refractivity contribution in [3.8, 4) is 5.75 Å². The van der Waals surface area contributed by atoms with Gasteiger partial charge < -0.3 is 10.0 Å². The minimum atomic E-state index is -1.30. The van der Waals surface area contributed by atoms with Crippen LogP contribution in [0, 0.1) is 0 Å². The van der Waals surface area contributed by atoms with Gasteiger partial charge in [-0.2, -0.15) is 0 Å². The molecule has 1 aliphatic heterocycles. The highest BCUT2D eigenvalue weighted by Crippen LogP contribution is 2.41. The molecule has 26 heavy (non-hydrogen) atoms. The number of fused-ring (bicyclic) bond motifs is 1. The van der Waals surface area contributed by atoms with Gasteiger partial charge in [0.25, 0.3) is 0 Å². The normalized spacial score (nSPS) is 20.7. The summed E-state index contributed by atoms with van der Waals surface area (Å²) in [4.78, 5) is 3.72. The molecule has 0 saturated heterocycles. The Labute approximate surface area is 162 Å². The summed E-state index contributed by atoms with van der Waals surface area (Å²) in [5.41, 5.74) is 2.00. The van der Waals surface area contributed by atoms with Crippen molar-refractivity contribution in [2.24, 2.45) is 0 Å². The summed E-state index contributed by atoms with van der Waals surface area (Å²) in [5, 5.41) is 10.3. The van der Waals surface area contributed by atoms with Crippen molar-refractivity contribution >= 4 is 34.1 Å². The second-order valence-electron chi connectivity index (χ2n) is 6.53. The fourth-order valence-corrected chi connectivity index (χ4v) is 5.14. The quantitative estimate of drug-likeness (QED) is 0.746. The summed E-state index contributed by atoms with van der Waals surface area (Å²) in [6.45, 7) is 2.96. The molecule has 1 aliphatic rings. The summed E-state index contributed by atoms with van der Waals surface area (Å²) in [5.74, 6) is 0.193. The van der Waals surface area contributed by atoms with Crippen LogP contribution in [0.4, 0.5) is 11.4 Å². The predicted molar refractivity (Wildman–Crippen MR) is 111 cm³/mol. The van der Waals surface area contributed by atoms with Gasteiger partial charge in [-0.25, -0.2) is 8.51 Å². The average Bonchev–Trinajstić information content (AvgIpc) is 2.76. The highest BCUT2D eigenvalue weighted by molar-refractivity contribution is 7.98. The molecule has 1 N–H and O–H groups in total. The van der Waals surface area contributed by atoms with E-state index >= 15 is 0 Å². The molecule has 4 nitrogen and oxygen atoms in total. The van der Waals surface area contributed by atoms with Gasteiger partial charge in [0.15, 0.2) is 0 Å². The Balaban J connectivity index is 2.14. The number of phenols is 1. The van der Waals surface area contributed by atoms with Crippen LogP contribution in [0.1, 0.15) is 26.2 Å². The van der Waals surface area contributed by atoms with Gasteiger partial charge in [0, 0.05) is 31.4 Å². The minimum Gasteiger partial charge on any atom is -0.507 e. The molecule has 2 unspecified atom stereocenters. The zero-order valence-electron chi connectivity index (χ0n) is 15.5. The van der Waals surface area contributed by atoms with Crippen molar-refractivity contribution in [3.05, 3.63) is 42.5 Å². The molecule has 2 aromatic rings. The number of anilines is 2. The van der Waals surface area contributed by atoms with Gasteiger partial charge in [0.1, 0.15) is 16.7 Å². The average molecular weight is 391 g/mol. The maximum atomic E-state index is 13.2. The van der Waals surface area contributed by atoms with Crippen molar-refractivity contribution < 1.29 is 9.32 Å². The van der Waals surface area contributed by atoms with Crippen LogP contribution in [0.15, 0.2) is 52.3 Å². The van der Waals surface area contributed by atoms with E-state index in [-0.39, 0.29) is 11.8 Å². The third-order valence-electron chi connectivity index (χ3n) is 4.87. The summed E-state index contributed by atoms with van der Waals surface area (Å²) in [7, 11) is 0.621. The Morgan fingerprint density at radius 2 is 2.00 bits per heavy atom. The molecule has 0 fully saturated rings. The minimum absolute atomic E-state index is 0.184. The molecule has 3 rings (SSSR count). The molecule has 0 aromatic heterocycles. The van der Waals surface area contributed by atoms with E-state index in [4.69, 9.17) is 0 Å². The molecule has 2 aromatic carbocycles. The number of rotatable bonds is 5. The smallest absolute Gasteiger partial charge is 0.130 e. The van der Waals surface area contributed by atoms with Gasteiger partial charge in [-0.05, 0) is 30.9 Å². The van der Waals surface area contributed by atoms with E-state index in [1.54, 1.807) is 6.07 Å². The highest BCUT2D eigenvalue weighted by atomic mass is 32.2. The number of aromatic hydroxyl groups is 1. The largest absolute Gasteiger partial charge is 0.507 e. The molecule has 2 atom stereocenters. The third kappa shape index (κ3) is 3.77. The number of thioether (sulfide) groups is 1. The first-order chi connectivity index (χ1) is 12.6. The summed E-state index contributed by atoms with van der Waals surface area (Å²) >= 11 is 1.50. The Kier molecular flexibility index (Phi) is 6.27. The van der Waals surface area contributed by atoms with Crippen LogP contribution in [-0.4, -0.2) is 39.5 Å². The van der Waals surface area contributed by atoms with Crippen LogP contribution < -0.4 is 4.90 Å². The van der Waals surface area contributed by atoms with Crippen molar-refractivity contribution in [1.82, 2.24) is 4.31 Å². The van der Waals surface area contributed by atoms with Crippen molar-refractivity contribution in [2.75, 3.05) is 24.7 Å². The highest BCUT2D eigenvalue weighted by Gasteiger charge is 2.32. The summed E-state index contributed by atoms with van der Waals surface area (Å²) < 4.78 is 15.2. The lowest BCUT2D eigenvalue weighted by Gasteiger charge is -2.29. The zero-order chi connectivity index (χ0) is 18.7. The summed E-state index contributed by atoms with van der Waals surface area (Å²) in [6.07, 6.45) is 5.16. The molecule has 6 heteroatoms. The van der Waals surface area contributed by atoms with Crippen molar-refractivity contribution in [1.29, 1.82) is 0 Å². The number of benzene rings is 2. The number of phenolic OH excluding ortho intramolecular Hbond substituents is 1. The molecule has 140 valence electrons. The molecular formula is C20H26N2O2S2. The van der Waals surface area contributed by atoms with Gasteiger partial charge in [-0.3, -0.25) is 0 Å². The first-order valence-corrected chi connectivity index (χ1v) is 11.3. The fourth-order valence-electron chi connectivity index (χ4n) is 3.33. The third-order valence-corrected chi connectivity index (χ3v) is 7.16. The maximum Gasteiger partial charge on any atom is 0.130 e. The van der Waals surface area contributed by atoms with Gasteiger partial charge in [-0.1, -0.05) is 38.0 Å². The predicted octanol–water partition coefficient (Wildman–Crippen LogP) is 4.78. The number of hydrogen-bond donors (Lipinski definition) is 1. The van der Waals surface area contributed by atoms with Crippen molar-refractivity contribution in [3.63, 3.8) is 0 Å². The maximum absolute atomic E-state index is 13.2. The van der Waals surface area contributed by atoms with Gasteiger partial charge >= 0.3 is 0 Å². The summed E-state index contributed by atoms with van der Waals surface area (Å²) in [6, 6.07) is 14.0. The molecule has 0 bridgehead atoms. The van der Waals surface area contributed by atoms with E-state index in [9.17, 15) is 9.32 Å². The second kappa shape index (κ2) is 8.46. The number of nitrogens with zero attached hydrogens (tertiary/aromatic N) is 2. The van der Waals surface area contributed by atoms with E-state index in [1.807, 2.05) is 41.9 Å². The Morgan fingerprint density at radius 1 is 1.27 bits per heavy atom. The molecule has 0 radical (unpaired) electrons. The first kappa shape index (κ1) is 19.3. The van der Waals surface area contributed by atoms with Crippen LogP contribution in [0.2, 0.25) is 0 Å². The molecule has 0 amide bonds.